The van der Waals surface area contributed by atoms with Crippen LogP contribution < -0.4 is 5.32 Å². The van der Waals surface area contributed by atoms with E-state index in [-0.39, 0.29) is 12.5 Å². The zero-order valence-corrected chi connectivity index (χ0v) is 13.3. The van der Waals surface area contributed by atoms with Crippen molar-refractivity contribution in [3.05, 3.63) is 48.2 Å². The third-order valence-electron chi connectivity index (χ3n) is 3.84. The summed E-state index contributed by atoms with van der Waals surface area (Å²) in [4.78, 5) is 18.0. The molecule has 124 valence electrons. The predicted molar refractivity (Wildman–Crippen MR) is 89.9 cm³/mol. The monoisotopic (exact) mass is 333 g/mol. The maximum absolute atomic E-state index is 12.3. The van der Waals surface area contributed by atoms with Gasteiger partial charge in [-0.15, -0.1) is 0 Å². The van der Waals surface area contributed by atoms with Crippen LogP contribution in [0.3, 0.4) is 0 Å². The predicted octanol–water partition coefficient (Wildman–Crippen LogP) is 1.74. The van der Waals surface area contributed by atoms with Gasteiger partial charge in [-0.1, -0.05) is 12.1 Å². The highest BCUT2D eigenvalue weighted by Gasteiger charge is 2.26. The molecular weight excluding hydrogens is 318 g/mol. The number of morpholine rings is 1. The van der Waals surface area contributed by atoms with Gasteiger partial charge in [0.15, 0.2) is 12.3 Å². The second kappa shape index (κ2) is 7.43. The molecule has 1 aromatic carbocycles. The number of rotatable bonds is 3. The van der Waals surface area contributed by atoms with Crippen molar-refractivity contribution in [2.24, 2.45) is 0 Å². The Morgan fingerprint density at radius 1 is 1.28 bits per heavy atom. The van der Waals surface area contributed by atoms with Gasteiger partial charge in [-0.3, -0.25) is 4.79 Å². The van der Waals surface area contributed by atoms with Gasteiger partial charge in [0.05, 0.1) is 31.3 Å². The maximum atomic E-state index is 12.3. The largest absolute Gasteiger partial charge is 0.365 e. The molecule has 1 saturated heterocycles. The molecule has 1 aliphatic rings. The van der Waals surface area contributed by atoms with Crippen molar-refractivity contribution in [2.75, 3.05) is 25.0 Å². The van der Waals surface area contributed by atoms with Gasteiger partial charge in [-0.05, 0) is 35.4 Å². The minimum atomic E-state index is -0.708. The molecule has 0 saturated carbocycles. The summed E-state index contributed by atoms with van der Waals surface area (Å²) < 4.78 is 5.42. The zero-order valence-electron chi connectivity index (χ0n) is 13.3. The number of ether oxygens (including phenoxy) is 1. The van der Waals surface area contributed by atoms with Gasteiger partial charge in [0.25, 0.3) is 5.91 Å². The highest BCUT2D eigenvalue weighted by Crippen LogP contribution is 2.22. The molecule has 0 spiro atoms. The van der Waals surface area contributed by atoms with Gasteiger partial charge < -0.3 is 15.0 Å². The summed E-state index contributed by atoms with van der Waals surface area (Å²) in [6.07, 6.45) is 2.91. The summed E-state index contributed by atoms with van der Waals surface area (Å²) in [5.74, 6) is 0.0536. The number of pyridine rings is 1. The van der Waals surface area contributed by atoms with Crippen LogP contribution in [-0.4, -0.2) is 41.6 Å². The van der Waals surface area contributed by atoms with Crippen molar-refractivity contribution in [3.8, 4) is 23.4 Å². The Hall–Kier alpha value is -3.42. The molecule has 1 amide bonds. The second-order valence-corrected chi connectivity index (χ2v) is 5.52. The molecule has 1 N–H and O–H groups in total. The number of anilines is 1. The van der Waals surface area contributed by atoms with Gasteiger partial charge in [0.2, 0.25) is 0 Å². The molecule has 3 rings (SSSR count). The van der Waals surface area contributed by atoms with E-state index in [1.54, 1.807) is 36.5 Å². The normalized spacial score (nSPS) is 16.6. The summed E-state index contributed by atoms with van der Waals surface area (Å²) in [6, 6.07) is 12.8. The van der Waals surface area contributed by atoms with E-state index in [0.717, 1.165) is 11.1 Å². The molecule has 25 heavy (non-hydrogen) atoms. The molecule has 1 aliphatic heterocycles. The number of amides is 1. The first-order valence-corrected chi connectivity index (χ1v) is 7.73. The van der Waals surface area contributed by atoms with Crippen molar-refractivity contribution in [2.45, 2.75) is 6.10 Å². The number of nitrogens with one attached hydrogen (secondary N) is 1. The molecule has 1 atom stereocenters. The maximum Gasteiger partial charge on any atom is 0.256 e. The first-order valence-electron chi connectivity index (χ1n) is 7.73. The van der Waals surface area contributed by atoms with Crippen molar-refractivity contribution in [1.82, 2.24) is 9.88 Å². The van der Waals surface area contributed by atoms with E-state index in [2.05, 4.69) is 16.4 Å². The quantitative estimate of drug-likeness (QED) is 0.858. The molecule has 0 aliphatic carbocycles. The van der Waals surface area contributed by atoms with Crippen LogP contribution in [0.1, 0.15) is 5.56 Å². The SMILES string of the molecule is N#Cc1cccc(-c2ccnc(NC(=O)C3CN(C#N)CCO3)c2)c1. The lowest BCUT2D eigenvalue weighted by atomic mass is 10.0. The molecule has 1 aromatic heterocycles. The third-order valence-corrected chi connectivity index (χ3v) is 3.84. The molecule has 7 nitrogen and oxygen atoms in total. The van der Waals surface area contributed by atoms with Crippen LogP contribution in [0.2, 0.25) is 0 Å². The van der Waals surface area contributed by atoms with Crippen LogP contribution in [0.5, 0.6) is 0 Å². The minimum absolute atomic E-state index is 0.228. The smallest absolute Gasteiger partial charge is 0.256 e. The molecule has 0 radical (unpaired) electrons. The number of benzene rings is 1. The minimum Gasteiger partial charge on any atom is -0.365 e. The lowest BCUT2D eigenvalue weighted by molar-refractivity contribution is -0.131. The molecule has 7 heteroatoms. The highest BCUT2D eigenvalue weighted by atomic mass is 16.5. The summed E-state index contributed by atoms with van der Waals surface area (Å²) in [7, 11) is 0. The van der Waals surface area contributed by atoms with Crippen LogP contribution in [0.25, 0.3) is 11.1 Å². The summed E-state index contributed by atoms with van der Waals surface area (Å²) >= 11 is 0. The zero-order chi connectivity index (χ0) is 17.6. The van der Waals surface area contributed by atoms with E-state index in [9.17, 15) is 4.79 Å². The second-order valence-electron chi connectivity index (χ2n) is 5.52. The number of nitriles is 2. The summed E-state index contributed by atoms with van der Waals surface area (Å²) in [5, 5.41) is 20.7. The van der Waals surface area contributed by atoms with Crippen LogP contribution in [0.4, 0.5) is 5.82 Å². The van der Waals surface area contributed by atoms with Crippen LogP contribution in [-0.2, 0) is 9.53 Å². The van der Waals surface area contributed by atoms with Crippen molar-refractivity contribution in [1.29, 1.82) is 10.5 Å². The molecule has 0 bridgehead atoms. The molecule has 1 unspecified atom stereocenters. The summed E-state index contributed by atoms with van der Waals surface area (Å²) in [5.41, 5.74) is 2.26. The Bertz CT molecular complexity index is 868. The lowest BCUT2D eigenvalue weighted by Gasteiger charge is -2.28. The Labute approximate surface area is 145 Å². The number of hydrogen-bond acceptors (Lipinski definition) is 6. The van der Waals surface area contributed by atoms with E-state index in [1.165, 1.54) is 4.90 Å². The molecule has 2 heterocycles. The molecule has 2 aromatic rings. The molecular formula is C18H15N5O2. The van der Waals surface area contributed by atoms with Gasteiger partial charge in [-0.25, -0.2) is 4.98 Å². The number of aromatic nitrogens is 1. The van der Waals surface area contributed by atoms with Gasteiger partial charge >= 0.3 is 0 Å². The van der Waals surface area contributed by atoms with Crippen LogP contribution in [0.15, 0.2) is 42.6 Å². The average molecular weight is 333 g/mol. The Balaban J connectivity index is 1.74. The van der Waals surface area contributed by atoms with Crippen LogP contribution in [0, 0.1) is 22.8 Å². The fourth-order valence-electron chi connectivity index (χ4n) is 2.55. The van der Waals surface area contributed by atoms with E-state index < -0.39 is 6.10 Å². The van der Waals surface area contributed by atoms with E-state index in [0.29, 0.717) is 24.5 Å². The summed E-state index contributed by atoms with van der Waals surface area (Å²) in [6.45, 7) is 1.05. The Morgan fingerprint density at radius 3 is 2.92 bits per heavy atom. The first kappa shape index (κ1) is 16.4. The number of carbonyl (C=O) groups is 1. The number of hydrogen-bond donors (Lipinski definition) is 1. The average Bonchev–Trinajstić information content (AvgIpc) is 2.68. The van der Waals surface area contributed by atoms with E-state index >= 15 is 0 Å². The first-order chi connectivity index (χ1) is 12.2. The standard InChI is InChI=1S/C18H15N5O2/c19-10-13-2-1-3-14(8-13)15-4-5-21-17(9-15)22-18(24)16-11-23(12-20)6-7-25-16/h1-5,8-9,16H,6-7,11H2,(H,21,22,24). The van der Waals surface area contributed by atoms with Crippen molar-refractivity contribution in [3.63, 3.8) is 0 Å². The Kier molecular flexibility index (Phi) is 4.89. The van der Waals surface area contributed by atoms with Crippen LogP contribution >= 0.6 is 0 Å². The van der Waals surface area contributed by atoms with Gasteiger partial charge in [-0.2, -0.15) is 10.5 Å². The number of carbonyl (C=O) groups excluding carboxylic acids is 1. The van der Waals surface area contributed by atoms with E-state index in [4.69, 9.17) is 15.3 Å². The molecule has 1 fully saturated rings. The van der Waals surface area contributed by atoms with Gasteiger partial charge in [0, 0.05) is 6.20 Å². The van der Waals surface area contributed by atoms with E-state index in [1.807, 2.05) is 12.3 Å². The Morgan fingerprint density at radius 2 is 2.12 bits per heavy atom. The highest BCUT2D eigenvalue weighted by molar-refractivity contribution is 5.94. The fourth-order valence-corrected chi connectivity index (χ4v) is 2.55. The fraction of sp³-hybridized carbons (Fsp3) is 0.222. The third kappa shape index (κ3) is 3.92. The number of nitrogens with zero attached hydrogens (tertiary/aromatic N) is 4. The van der Waals surface area contributed by atoms with Crippen molar-refractivity contribution >= 4 is 11.7 Å². The lowest BCUT2D eigenvalue weighted by Crippen LogP contribution is -2.46. The van der Waals surface area contributed by atoms with Crippen molar-refractivity contribution < 1.29 is 9.53 Å². The van der Waals surface area contributed by atoms with Gasteiger partial charge in [0.1, 0.15) is 5.82 Å². The topological polar surface area (TPSA) is 102 Å².